The van der Waals surface area contributed by atoms with E-state index in [9.17, 15) is 5.11 Å². The fourth-order valence-electron chi connectivity index (χ4n) is 3.42. The number of aliphatic hydroxyl groups is 1. The largest absolute Gasteiger partial charge is 0.393 e. The summed E-state index contributed by atoms with van der Waals surface area (Å²) in [5, 5.41) is 9.51. The predicted molar refractivity (Wildman–Crippen MR) is 66.5 cm³/mol. The Balaban J connectivity index is 1.50. The Morgan fingerprint density at radius 2 is 1.83 bits per heavy atom. The van der Waals surface area contributed by atoms with E-state index in [1.54, 1.807) is 0 Å². The van der Waals surface area contributed by atoms with Crippen LogP contribution in [0.4, 0.5) is 0 Å². The average Bonchev–Trinajstić information content (AvgIpc) is 2.80. The molecule has 0 radical (unpaired) electrons. The SMILES string of the molecule is OC1CCC(OC2CCOC3(CCOC3)C2)CC1. The average molecular weight is 256 g/mol. The minimum absolute atomic E-state index is 0.0584. The molecule has 3 rings (SSSR count). The van der Waals surface area contributed by atoms with Gasteiger partial charge < -0.3 is 19.3 Å². The molecule has 3 fully saturated rings. The number of ether oxygens (including phenoxy) is 3. The van der Waals surface area contributed by atoms with E-state index in [1.165, 1.54) is 0 Å². The molecule has 3 aliphatic rings. The number of aliphatic hydroxyl groups excluding tert-OH is 1. The molecule has 18 heavy (non-hydrogen) atoms. The molecule has 2 atom stereocenters. The van der Waals surface area contributed by atoms with Crippen LogP contribution in [0, 0.1) is 0 Å². The molecule has 4 nitrogen and oxygen atoms in total. The number of hydrogen-bond donors (Lipinski definition) is 1. The van der Waals surface area contributed by atoms with Crippen molar-refractivity contribution in [2.24, 2.45) is 0 Å². The van der Waals surface area contributed by atoms with Crippen molar-refractivity contribution in [2.45, 2.75) is 68.9 Å². The van der Waals surface area contributed by atoms with Gasteiger partial charge in [-0.3, -0.25) is 0 Å². The van der Waals surface area contributed by atoms with E-state index in [-0.39, 0.29) is 11.7 Å². The van der Waals surface area contributed by atoms with Gasteiger partial charge in [0, 0.05) is 26.1 Å². The van der Waals surface area contributed by atoms with E-state index in [4.69, 9.17) is 14.2 Å². The maximum Gasteiger partial charge on any atom is 0.0961 e. The number of rotatable bonds is 2. The number of hydrogen-bond acceptors (Lipinski definition) is 4. The van der Waals surface area contributed by atoms with Crippen LogP contribution in [0.15, 0.2) is 0 Å². The van der Waals surface area contributed by atoms with Crippen molar-refractivity contribution in [3.05, 3.63) is 0 Å². The highest BCUT2D eigenvalue weighted by atomic mass is 16.6. The van der Waals surface area contributed by atoms with Crippen LogP contribution in [-0.2, 0) is 14.2 Å². The van der Waals surface area contributed by atoms with Gasteiger partial charge >= 0.3 is 0 Å². The zero-order valence-electron chi connectivity index (χ0n) is 11.0. The minimum Gasteiger partial charge on any atom is -0.393 e. The first-order valence-corrected chi connectivity index (χ1v) is 7.31. The van der Waals surface area contributed by atoms with Crippen molar-refractivity contribution in [1.29, 1.82) is 0 Å². The molecule has 1 N–H and O–H groups in total. The van der Waals surface area contributed by atoms with Crippen molar-refractivity contribution in [1.82, 2.24) is 0 Å². The van der Waals surface area contributed by atoms with Gasteiger partial charge in [-0.15, -0.1) is 0 Å². The first-order chi connectivity index (χ1) is 8.76. The Bertz CT molecular complexity index is 267. The summed E-state index contributed by atoms with van der Waals surface area (Å²) in [7, 11) is 0. The van der Waals surface area contributed by atoms with Gasteiger partial charge in [0.1, 0.15) is 0 Å². The second-order valence-electron chi connectivity index (χ2n) is 6.02. The Kier molecular flexibility index (Phi) is 3.89. The van der Waals surface area contributed by atoms with Crippen LogP contribution in [0.3, 0.4) is 0 Å². The zero-order valence-corrected chi connectivity index (χ0v) is 11.0. The third kappa shape index (κ3) is 2.87. The normalized spacial score (nSPS) is 45.5. The van der Waals surface area contributed by atoms with E-state index in [0.717, 1.165) is 64.8 Å². The Morgan fingerprint density at radius 1 is 1.00 bits per heavy atom. The summed E-state index contributed by atoms with van der Waals surface area (Å²) in [6.07, 6.45) is 7.34. The van der Waals surface area contributed by atoms with Gasteiger partial charge in [-0.25, -0.2) is 0 Å². The summed E-state index contributed by atoms with van der Waals surface area (Å²) in [6.45, 7) is 2.35. The Labute approximate surface area is 109 Å². The van der Waals surface area contributed by atoms with Crippen LogP contribution in [0.1, 0.15) is 44.9 Å². The van der Waals surface area contributed by atoms with E-state index >= 15 is 0 Å². The molecule has 1 saturated carbocycles. The molecule has 1 spiro atoms. The van der Waals surface area contributed by atoms with Gasteiger partial charge in [-0.05, 0) is 32.1 Å². The molecule has 0 bridgehead atoms. The van der Waals surface area contributed by atoms with Crippen LogP contribution in [-0.4, -0.2) is 48.8 Å². The summed E-state index contributed by atoms with van der Waals surface area (Å²) in [6, 6.07) is 0. The maximum atomic E-state index is 9.51. The zero-order chi connectivity index (χ0) is 12.4. The van der Waals surface area contributed by atoms with Crippen molar-refractivity contribution in [2.75, 3.05) is 19.8 Å². The van der Waals surface area contributed by atoms with Gasteiger partial charge in [0.2, 0.25) is 0 Å². The Morgan fingerprint density at radius 3 is 2.56 bits per heavy atom. The molecule has 4 heteroatoms. The second kappa shape index (κ2) is 5.45. The highest BCUT2D eigenvalue weighted by molar-refractivity contribution is 4.91. The summed E-state index contributed by atoms with van der Waals surface area (Å²) in [4.78, 5) is 0. The highest BCUT2D eigenvalue weighted by Gasteiger charge is 2.42. The lowest BCUT2D eigenvalue weighted by atomic mass is 9.90. The van der Waals surface area contributed by atoms with E-state index in [2.05, 4.69) is 0 Å². The fourth-order valence-corrected chi connectivity index (χ4v) is 3.42. The van der Waals surface area contributed by atoms with Crippen LogP contribution in [0.2, 0.25) is 0 Å². The van der Waals surface area contributed by atoms with Gasteiger partial charge in [0.15, 0.2) is 0 Å². The molecule has 104 valence electrons. The third-order valence-corrected chi connectivity index (χ3v) is 4.54. The van der Waals surface area contributed by atoms with Crippen LogP contribution >= 0.6 is 0 Å². The summed E-state index contributed by atoms with van der Waals surface area (Å²) >= 11 is 0. The molecule has 2 unspecified atom stereocenters. The second-order valence-corrected chi connectivity index (χ2v) is 6.02. The lowest BCUT2D eigenvalue weighted by molar-refractivity contribution is -0.153. The van der Waals surface area contributed by atoms with Crippen molar-refractivity contribution in [3.63, 3.8) is 0 Å². The standard InChI is InChI=1S/C14H24O4/c15-11-1-3-12(4-2-11)18-13-5-7-17-14(9-13)6-8-16-10-14/h11-13,15H,1-10H2. The van der Waals surface area contributed by atoms with Gasteiger partial charge in [-0.1, -0.05) is 0 Å². The van der Waals surface area contributed by atoms with Crippen molar-refractivity contribution < 1.29 is 19.3 Å². The molecule has 2 aliphatic heterocycles. The van der Waals surface area contributed by atoms with Crippen LogP contribution in [0.25, 0.3) is 0 Å². The lowest BCUT2D eigenvalue weighted by Gasteiger charge is -2.39. The first kappa shape index (κ1) is 12.9. The molecule has 0 amide bonds. The first-order valence-electron chi connectivity index (χ1n) is 7.31. The highest BCUT2D eigenvalue weighted by Crippen LogP contribution is 2.35. The van der Waals surface area contributed by atoms with Gasteiger partial charge in [-0.2, -0.15) is 0 Å². The summed E-state index contributed by atoms with van der Waals surface area (Å²) in [5.41, 5.74) is -0.0584. The predicted octanol–water partition coefficient (Wildman–Crippen LogP) is 1.64. The minimum atomic E-state index is -0.103. The van der Waals surface area contributed by atoms with Gasteiger partial charge in [0.05, 0.1) is 30.5 Å². The van der Waals surface area contributed by atoms with Crippen molar-refractivity contribution >= 4 is 0 Å². The molecule has 2 heterocycles. The van der Waals surface area contributed by atoms with Crippen LogP contribution in [0.5, 0.6) is 0 Å². The molecule has 1 aliphatic carbocycles. The van der Waals surface area contributed by atoms with Crippen molar-refractivity contribution in [3.8, 4) is 0 Å². The topological polar surface area (TPSA) is 47.9 Å². The van der Waals surface area contributed by atoms with E-state index < -0.39 is 0 Å². The van der Waals surface area contributed by atoms with Crippen LogP contribution < -0.4 is 0 Å². The smallest absolute Gasteiger partial charge is 0.0961 e. The molecular weight excluding hydrogens is 232 g/mol. The molecule has 0 aromatic rings. The van der Waals surface area contributed by atoms with Gasteiger partial charge in [0.25, 0.3) is 0 Å². The maximum absolute atomic E-state index is 9.51. The summed E-state index contributed by atoms with van der Waals surface area (Å²) < 4.78 is 17.6. The molecule has 0 aromatic heterocycles. The molecule has 2 saturated heterocycles. The fraction of sp³-hybridized carbons (Fsp3) is 1.00. The quantitative estimate of drug-likeness (QED) is 0.816. The third-order valence-electron chi connectivity index (χ3n) is 4.54. The Hall–Kier alpha value is -0.160. The van der Waals surface area contributed by atoms with E-state index in [1.807, 2.05) is 0 Å². The van der Waals surface area contributed by atoms with E-state index in [0.29, 0.717) is 12.2 Å². The summed E-state index contributed by atoms with van der Waals surface area (Å²) in [5.74, 6) is 0. The monoisotopic (exact) mass is 256 g/mol. The lowest BCUT2D eigenvalue weighted by Crippen LogP contribution is -2.44. The molecular formula is C14H24O4. The molecule has 0 aromatic carbocycles.